The van der Waals surface area contributed by atoms with E-state index in [9.17, 15) is 4.79 Å². The first-order chi connectivity index (χ1) is 17.2. The number of imidazole rings is 1. The van der Waals surface area contributed by atoms with E-state index in [-0.39, 0.29) is 18.4 Å². The van der Waals surface area contributed by atoms with Crippen molar-refractivity contribution in [2.24, 2.45) is 5.92 Å². The van der Waals surface area contributed by atoms with Crippen molar-refractivity contribution in [3.05, 3.63) is 54.6 Å². The number of fused-ring (bicyclic) bond motifs is 1. The van der Waals surface area contributed by atoms with Crippen molar-refractivity contribution in [3.8, 4) is 5.75 Å². The highest BCUT2D eigenvalue weighted by Gasteiger charge is 2.26. The van der Waals surface area contributed by atoms with E-state index in [1.807, 2.05) is 36.4 Å². The fourth-order valence-corrected chi connectivity index (χ4v) is 4.44. The normalized spacial score (nSPS) is 17.9. The molecule has 0 saturated heterocycles. The molecule has 1 fully saturated rings. The summed E-state index contributed by atoms with van der Waals surface area (Å²) in [5.41, 5.74) is 1.48. The van der Waals surface area contributed by atoms with Crippen LogP contribution in [0.3, 0.4) is 0 Å². The van der Waals surface area contributed by atoms with Gasteiger partial charge in [-0.2, -0.15) is 0 Å². The van der Waals surface area contributed by atoms with Crippen LogP contribution in [0, 0.1) is 5.92 Å². The lowest BCUT2D eigenvalue weighted by Crippen LogP contribution is -2.18. The molecule has 4 N–H and O–H groups in total. The van der Waals surface area contributed by atoms with Crippen LogP contribution in [0.25, 0.3) is 11.2 Å². The van der Waals surface area contributed by atoms with Crippen LogP contribution >= 0.6 is 0 Å². The molecule has 2 heterocycles. The van der Waals surface area contributed by atoms with E-state index < -0.39 is 0 Å². The van der Waals surface area contributed by atoms with Gasteiger partial charge in [0, 0.05) is 32.0 Å². The number of rotatable bonds is 14. The summed E-state index contributed by atoms with van der Waals surface area (Å²) in [6.45, 7) is 1.84. The number of allylic oxidation sites excluding steroid dienone is 1. The highest BCUT2D eigenvalue weighted by molar-refractivity contribution is 5.89. The minimum atomic E-state index is 0.0977. The van der Waals surface area contributed by atoms with E-state index in [4.69, 9.17) is 9.84 Å². The molecule has 2 aromatic heterocycles. The van der Waals surface area contributed by atoms with Gasteiger partial charge in [0.2, 0.25) is 0 Å². The van der Waals surface area contributed by atoms with Gasteiger partial charge in [-0.15, -0.1) is 0 Å². The molecule has 0 spiro atoms. The van der Waals surface area contributed by atoms with Gasteiger partial charge in [-0.25, -0.2) is 15.0 Å². The number of hydrogen-bond acceptors (Lipinski definition) is 8. The molecule has 2 unspecified atom stereocenters. The lowest BCUT2D eigenvalue weighted by Gasteiger charge is -2.13. The fraction of sp³-hybridized carbons (Fsp3) is 0.462. The maximum Gasteiger partial charge on any atom is 0.183 e. The Bertz CT molecular complexity index is 1100. The van der Waals surface area contributed by atoms with Gasteiger partial charge in [0.1, 0.15) is 23.4 Å². The fourth-order valence-electron chi connectivity index (χ4n) is 4.44. The number of ether oxygens (including phenoxy) is 1. The number of aryl methyl sites for hydroxylation is 1. The lowest BCUT2D eigenvalue weighted by atomic mass is 10.0. The Kier molecular flexibility index (Phi) is 9.19. The molecule has 0 amide bonds. The Labute approximate surface area is 205 Å². The highest BCUT2D eigenvalue weighted by Crippen LogP contribution is 2.31. The second kappa shape index (κ2) is 13.0. The number of carbonyl (C=O) groups is 1. The van der Waals surface area contributed by atoms with Crippen LogP contribution in [-0.4, -0.2) is 63.2 Å². The number of H-pyrrole nitrogens is 1. The van der Waals surface area contributed by atoms with Crippen LogP contribution in [0.1, 0.15) is 37.9 Å². The Morgan fingerprint density at radius 1 is 1.23 bits per heavy atom. The SMILES string of the molecule is O=C(C=CCNCCO)CC1CCC(Nc2ncnc3nc(CCCOc4ccccc4)[nH]c23)C1. The number of nitrogens with one attached hydrogen (secondary N) is 3. The predicted molar refractivity (Wildman–Crippen MR) is 135 cm³/mol. The molecule has 9 nitrogen and oxygen atoms in total. The average molecular weight is 479 g/mol. The number of anilines is 1. The van der Waals surface area contributed by atoms with Crippen LogP contribution < -0.4 is 15.4 Å². The number of benzene rings is 1. The van der Waals surface area contributed by atoms with Crippen LogP contribution in [0.2, 0.25) is 0 Å². The molecule has 1 saturated carbocycles. The molecule has 186 valence electrons. The third-order valence-corrected chi connectivity index (χ3v) is 6.13. The van der Waals surface area contributed by atoms with Gasteiger partial charge in [0.25, 0.3) is 0 Å². The van der Waals surface area contributed by atoms with Crippen molar-refractivity contribution in [2.45, 2.75) is 44.6 Å². The molecule has 1 aromatic carbocycles. The van der Waals surface area contributed by atoms with Crippen LogP contribution in [0.5, 0.6) is 5.75 Å². The van der Waals surface area contributed by atoms with E-state index in [1.165, 1.54) is 0 Å². The monoisotopic (exact) mass is 478 g/mol. The molecule has 1 aliphatic carbocycles. The first-order valence-electron chi connectivity index (χ1n) is 12.4. The van der Waals surface area contributed by atoms with Gasteiger partial charge in [-0.3, -0.25) is 4.79 Å². The Balaban J connectivity index is 1.24. The summed E-state index contributed by atoms with van der Waals surface area (Å²) in [6.07, 6.45) is 10.1. The summed E-state index contributed by atoms with van der Waals surface area (Å²) in [5, 5.41) is 15.3. The summed E-state index contributed by atoms with van der Waals surface area (Å²) in [6, 6.07) is 10.1. The molecule has 2 atom stereocenters. The maximum atomic E-state index is 12.2. The number of carbonyl (C=O) groups excluding carboxylic acids is 1. The number of ketones is 1. The molecular formula is C26H34N6O3. The Morgan fingerprint density at radius 2 is 2.11 bits per heavy atom. The van der Waals surface area contributed by atoms with Crippen molar-refractivity contribution in [2.75, 3.05) is 31.6 Å². The van der Waals surface area contributed by atoms with Crippen LogP contribution in [0.15, 0.2) is 48.8 Å². The topological polar surface area (TPSA) is 125 Å². The zero-order valence-corrected chi connectivity index (χ0v) is 19.9. The molecule has 4 rings (SSSR count). The molecule has 35 heavy (non-hydrogen) atoms. The van der Waals surface area contributed by atoms with Crippen molar-refractivity contribution in [3.63, 3.8) is 0 Å². The van der Waals surface area contributed by atoms with Gasteiger partial charge in [-0.1, -0.05) is 24.3 Å². The maximum absolute atomic E-state index is 12.2. The van der Waals surface area contributed by atoms with E-state index in [2.05, 4.69) is 30.6 Å². The first kappa shape index (κ1) is 24.8. The number of aliphatic hydroxyl groups excluding tert-OH is 1. The van der Waals surface area contributed by atoms with E-state index in [1.54, 1.807) is 12.4 Å². The summed E-state index contributed by atoms with van der Waals surface area (Å²) in [7, 11) is 0. The van der Waals surface area contributed by atoms with Crippen LogP contribution in [-0.2, 0) is 11.2 Å². The van der Waals surface area contributed by atoms with Crippen molar-refractivity contribution >= 4 is 22.8 Å². The van der Waals surface area contributed by atoms with Crippen molar-refractivity contribution in [1.29, 1.82) is 0 Å². The van der Waals surface area contributed by atoms with Gasteiger partial charge in [0.15, 0.2) is 17.2 Å². The zero-order chi connectivity index (χ0) is 24.3. The van der Waals surface area contributed by atoms with Gasteiger partial charge >= 0.3 is 0 Å². The second-order valence-corrected chi connectivity index (χ2v) is 8.89. The minimum absolute atomic E-state index is 0.0977. The number of para-hydroxylation sites is 1. The van der Waals surface area contributed by atoms with Gasteiger partial charge < -0.3 is 25.5 Å². The molecule has 3 aromatic rings. The third kappa shape index (κ3) is 7.60. The molecule has 1 aliphatic rings. The van der Waals surface area contributed by atoms with E-state index in [0.29, 0.717) is 37.7 Å². The molecule has 0 bridgehead atoms. The van der Waals surface area contributed by atoms with Gasteiger partial charge in [-0.05, 0) is 49.8 Å². The highest BCUT2D eigenvalue weighted by atomic mass is 16.5. The van der Waals surface area contributed by atoms with E-state index >= 15 is 0 Å². The summed E-state index contributed by atoms with van der Waals surface area (Å²) in [5.74, 6) is 3.03. The number of nitrogens with zero attached hydrogens (tertiary/aromatic N) is 3. The predicted octanol–water partition coefficient (Wildman–Crippen LogP) is 3.04. The third-order valence-electron chi connectivity index (χ3n) is 6.13. The zero-order valence-electron chi connectivity index (χ0n) is 19.9. The lowest BCUT2D eigenvalue weighted by molar-refractivity contribution is -0.115. The van der Waals surface area contributed by atoms with Crippen molar-refractivity contribution < 1.29 is 14.6 Å². The quantitative estimate of drug-likeness (QED) is 0.206. The molecule has 0 radical (unpaired) electrons. The molecule has 9 heteroatoms. The largest absolute Gasteiger partial charge is 0.494 e. The average Bonchev–Trinajstić information content (AvgIpc) is 3.49. The summed E-state index contributed by atoms with van der Waals surface area (Å²) in [4.78, 5) is 29.0. The number of aromatic amines is 1. The Hall–Kier alpha value is -3.30. The Morgan fingerprint density at radius 3 is 2.97 bits per heavy atom. The summed E-state index contributed by atoms with van der Waals surface area (Å²) >= 11 is 0. The van der Waals surface area contributed by atoms with Crippen LogP contribution in [0.4, 0.5) is 5.82 Å². The van der Waals surface area contributed by atoms with Crippen molar-refractivity contribution in [1.82, 2.24) is 25.3 Å². The number of hydrogen-bond donors (Lipinski definition) is 4. The molecular weight excluding hydrogens is 444 g/mol. The first-order valence-corrected chi connectivity index (χ1v) is 12.4. The second-order valence-electron chi connectivity index (χ2n) is 8.89. The minimum Gasteiger partial charge on any atom is -0.494 e. The van der Waals surface area contributed by atoms with Gasteiger partial charge in [0.05, 0.1) is 13.2 Å². The number of aliphatic hydroxyl groups is 1. The standard InChI is InChI=1S/C26H34N6O3/c33-14-13-27-12-4-6-21(34)17-19-10-11-20(16-19)30-25-24-26(29-18-28-25)32-23(31-24)9-5-15-35-22-7-2-1-3-8-22/h1-4,6-8,18-20,27,33H,5,9-17H2,(H2,28,29,30,31,32). The van der Waals surface area contributed by atoms with E-state index in [0.717, 1.165) is 55.0 Å². The summed E-state index contributed by atoms with van der Waals surface area (Å²) < 4.78 is 5.77. The smallest absolute Gasteiger partial charge is 0.183 e. The number of aromatic nitrogens is 4. The molecule has 0 aliphatic heterocycles.